The van der Waals surface area contributed by atoms with Gasteiger partial charge in [-0.1, -0.05) is 0 Å². The highest BCUT2D eigenvalue weighted by molar-refractivity contribution is 9.11. The maximum Gasteiger partial charge on any atom is 0.271 e. The van der Waals surface area contributed by atoms with E-state index in [0.29, 0.717) is 9.85 Å². The fourth-order valence-corrected chi connectivity index (χ4v) is 4.31. The van der Waals surface area contributed by atoms with E-state index in [1.165, 1.54) is 6.07 Å². The van der Waals surface area contributed by atoms with E-state index >= 15 is 0 Å². The molecule has 0 amide bonds. The summed E-state index contributed by atoms with van der Waals surface area (Å²) in [5.41, 5.74) is -0.156. The van der Waals surface area contributed by atoms with Crippen molar-refractivity contribution in [3.8, 4) is 0 Å². The Labute approximate surface area is 115 Å². The summed E-state index contributed by atoms with van der Waals surface area (Å²) in [7, 11) is -3.82. The van der Waals surface area contributed by atoms with Gasteiger partial charge in [0.1, 0.15) is 15.8 Å². The van der Waals surface area contributed by atoms with Crippen LogP contribution in [0, 0.1) is 11.6 Å². The third kappa shape index (κ3) is 3.06. The number of hydrogen-bond donors (Lipinski definition) is 1. The Morgan fingerprint density at radius 1 is 1.11 bits per heavy atom. The van der Waals surface area contributed by atoms with Gasteiger partial charge in [0.25, 0.3) is 10.0 Å². The van der Waals surface area contributed by atoms with E-state index in [9.17, 15) is 17.2 Å². The lowest BCUT2D eigenvalue weighted by Crippen LogP contribution is -2.11. The highest BCUT2D eigenvalue weighted by Gasteiger charge is 2.17. The average molecular weight is 354 g/mol. The smallest absolute Gasteiger partial charge is 0.271 e. The third-order valence-corrected chi connectivity index (χ3v) is 5.42. The largest absolute Gasteiger partial charge is 0.279 e. The van der Waals surface area contributed by atoms with Gasteiger partial charge in [-0.3, -0.25) is 4.72 Å². The second-order valence-electron chi connectivity index (χ2n) is 3.32. The van der Waals surface area contributed by atoms with Crippen LogP contribution in [0.25, 0.3) is 0 Å². The van der Waals surface area contributed by atoms with Gasteiger partial charge in [-0.25, -0.2) is 17.2 Å². The molecule has 0 aliphatic carbocycles. The van der Waals surface area contributed by atoms with E-state index in [1.54, 1.807) is 6.07 Å². The molecular formula is C10H6BrF2NO2S2. The number of benzene rings is 1. The molecule has 8 heteroatoms. The molecule has 0 aliphatic rings. The summed E-state index contributed by atoms with van der Waals surface area (Å²) in [6.07, 6.45) is 0. The number of hydrogen-bond acceptors (Lipinski definition) is 3. The van der Waals surface area contributed by atoms with Gasteiger partial charge in [0, 0.05) is 6.07 Å². The fraction of sp³-hybridized carbons (Fsp3) is 0. The van der Waals surface area contributed by atoms with Crippen molar-refractivity contribution >= 4 is 43.0 Å². The molecule has 18 heavy (non-hydrogen) atoms. The monoisotopic (exact) mass is 353 g/mol. The molecule has 0 bridgehead atoms. The molecule has 0 spiro atoms. The van der Waals surface area contributed by atoms with Crippen LogP contribution in [0.4, 0.5) is 14.5 Å². The van der Waals surface area contributed by atoms with Crippen molar-refractivity contribution in [3.63, 3.8) is 0 Å². The zero-order valence-corrected chi connectivity index (χ0v) is 11.9. The Hall–Kier alpha value is -0.990. The van der Waals surface area contributed by atoms with Crippen LogP contribution in [0.15, 0.2) is 38.3 Å². The molecule has 0 saturated heterocycles. The van der Waals surface area contributed by atoms with Crippen molar-refractivity contribution in [2.75, 3.05) is 4.72 Å². The van der Waals surface area contributed by atoms with Gasteiger partial charge < -0.3 is 0 Å². The first-order chi connectivity index (χ1) is 8.37. The Kier molecular flexibility index (Phi) is 3.69. The van der Waals surface area contributed by atoms with Crippen molar-refractivity contribution in [1.29, 1.82) is 0 Å². The minimum Gasteiger partial charge on any atom is -0.279 e. The van der Waals surface area contributed by atoms with Crippen LogP contribution in [0.1, 0.15) is 0 Å². The average Bonchev–Trinajstić information content (AvgIpc) is 2.62. The topological polar surface area (TPSA) is 46.2 Å². The number of thiophene rings is 1. The van der Waals surface area contributed by atoms with Crippen LogP contribution >= 0.6 is 27.3 Å². The predicted molar refractivity (Wildman–Crippen MR) is 69.2 cm³/mol. The summed E-state index contributed by atoms with van der Waals surface area (Å²) in [6, 6.07) is 5.45. The number of halogens is 3. The lowest BCUT2D eigenvalue weighted by molar-refractivity contribution is 0.584. The first kappa shape index (κ1) is 13.4. The molecule has 0 atom stereocenters. The highest BCUT2D eigenvalue weighted by atomic mass is 79.9. The number of sulfonamides is 1. The third-order valence-electron chi connectivity index (χ3n) is 1.93. The fourth-order valence-electron chi connectivity index (χ4n) is 1.26. The summed E-state index contributed by atoms with van der Waals surface area (Å²) < 4.78 is 52.4. The number of anilines is 1. The van der Waals surface area contributed by atoms with Crippen LogP contribution in [0.5, 0.6) is 0 Å². The van der Waals surface area contributed by atoms with Gasteiger partial charge in [0.2, 0.25) is 0 Å². The standard InChI is InChI=1S/C10H6BrF2NO2S2/c11-9-1-2-10(17-9)18(15,16)14-8-4-6(12)3-7(13)5-8/h1-5,14H. The maximum atomic E-state index is 12.9. The lowest BCUT2D eigenvalue weighted by Gasteiger charge is -2.06. The molecule has 0 fully saturated rings. The molecule has 0 saturated carbocycles. The summed E-state index contributed by atoms with van der Waals surface area (Å²) in [5.74, 6) is -1.69. The first-order valence-corrected chi connectivity index (χ1v) is 7.70. The Morgan fingerprint density at radius 3 is 2.22 bits per heavy atom. The van der Waals surface area contributed by atoms with E-state index < -0.39 is 21.7 Å². The van der Waals surface area contributed by atoms with Crippen molar-refractivity contribution in [2.24, 2.45) is 0 Å². The zero-order valence-electron chi connectivity index (χ0n) is 8.65. The van der Waals surface area contributed by atoms with E-state index in [0.717, 1.165) is 23.5 Å². The van der Waals surface area contributed by atoms with Crippen LogP contribution in [-0.2, 0) is 10.0 Å². The maximum absolute atomic E-state index is 12.9. The van der Waals surface area contributed by atoms with Crippen LogP contribution in [0.3, 0.4) is 0 Å². The Morgan fingerprint density at radius 2 is 1.72 bits per heavy atom. The molecule has 2 aromatic rings. The highest BCUT2D eigenvalue weighted by Crippen LogP contribution is 2.27. The molecular weight excluding hydrogens is 348 g/mol. The van der Waals surface area contributed by atoms with Gasteiger partial charge in [-0.15, -0.1) is 11.3 Å². The van der Waals surface area contributed by atoms with Crippen molar-refractivity contribution in [2.45, 2.75) is 4.21 Å². The normalized spacial score (nSPS) is 11.5. The van der Waals surface area contributed by atoms with Gasteiger partial charge in [0.15, 0.2) is 0 Å². The van der Waals surface area contributed by atoms with Gasteiger partial charge in [0.05, 0.1) is 9.47 Å². The van der Waals surface area contributed by atoms with Crippen LogP contribution in [0.2, 0.25) is 0 Å². The molecule has 0 radical (unpaired) electrons. The lowest BCUT2D eigenvalue weighted by atomic mass is 10.3. The molecule has 96 valence electrons. The van der Waals surface area contributed by atoms with E-state index in [1.807, 2.05) is 0 Å². The minimum atomic E-state index is -3.82. The molecule has 1 heterocycles. The summed E-state index contributed by atoms with van der Waals surface area (Å²) >= 11 is 4.14. The second-order valence-corrected chi connectivity index (χ2v) is 7.69. The molecule has 1 N–H and O–H groups in total. The molecule has 1 aromatic heterocycles. The van der Waals surface area contributed by atoms with E-state index in [-0.39, 0.29) is 9.90 Å². The van der Waals surface area contributed by atoms with E-state index in [4.69, 9.17) is 0 Å². The van der Waals surface area contributed by atoms with Crippen LogP contribution in [-0.4, -0.2) is 8.42 Å². The van der Waals surface area contributed by atoms with Crippen molar-refractivity contribution < 1.29 is 17.2 Å². The molecule has 2 rings (SSSR count). The SMILES string of the molecule is O=S(=O)(Nc1cc(F)cc(F)c1)c1ccc(Br)s1. The predicted octanol–water partition coefficient (Wildman–Crippen LogP) is 3.59. The van der Waals surface area contributed by atoms with Crippen LogP contribution < -0.4 is 4.72 Å². The Balaban J connectivity index is 2.33. The van der Waals surface area contributed by atoms with E-state index in [2.05, 4.69) is 20.7 Å². The Bertz CT molecular complexity index is 665. The molecule has 3 nitrogen and oxygen atoms in total. The van der Waals surface area contributed by atoms with Crippen molar-refractivity contribution in [3.05, 3.63) is 45.8 Å². The van der Waals surface area contributed by atoms with Gasteiger partial charge in [-0.2, -0.15) is 0 Å². The molecule has 1 aromatic carbocycles. The van der Waals surface area contributed by atoms with Crippen molar-refractivity contribution in [1.82, 2.24) is 0 Å². The molecule has 0 unspecified atom stereocenters. The quantitative estimate of drug-likeness (QED) is 0.916. The minimum absolute atomic E-state index is 0.0547. The summed E-state index contributed by atoms with van der Waals surface area (Å²) in [5, 5.41) is 0. The zero-order chi connectivity index (χ0) is 13.3. The number of nitrogens with one attached hydrogen (secondary N) is 1. The second kappa shape index (κ2) is 4.94. The van der Waals surface area contributed by atoms with Gasteiger partial charge in [-0.05, 0) is 40.2 Å². The van der Waals surface area contributed by atoms with Gasteiger partial charge >= 0.3 is 0 Å². The first-order valence-electron chi connectivity index (χ1n) is 4.61. The number of rotatable bonds is 3. The summed E-state index contributed by atoms with van der Waals surface area (Å²) in [4.78, 5) is 0. The summed E-state index contributed by atoms with van der Waals surface area (Å²) in [6.45, 7) is 0. The molecule has 0 aliphatic heterocycles.